The van der Waals surface area contributed by atoms with Crippen molar-refractivity contribution in [1.29, 1.82) is 0 Å². The average Bonchev–Trinajstić information content (AvgIpc) is 2.23. The van der Waals surface area contributed by atoms with Crippen LogP contribution in [-0.2, 0) is 14.6 Å². The van der Waals surface area contributed by atoms with Crippen LogP contribution in [0.5, 0.6) is 0 Å². The van der Waals surface area contributed by atoms with Gasteiger partial charge in [0.1, 0.15) is 0 Å². The summed E-state index contributed by atoms with van der Waals surface area (Å²) in [7, 11) is -3.49. The van der Waals surface area contributed by atoms with Gasteiger partial charge in [0.05, 0.1) is 24.7 Å². The highest BCUT2D eigenvalue weighted by Gasteiger charge is 2.17. The molecule has 0 aromatic heterocycles. The lowest BCUT2D eigenvalue weighted by molar-refractivity contribution is -0.117. The number of nitrogens with zero attached hydrogens (tertiary/aromatic N) is 1. The predicted octanol–water partition coefficient (Wildman–Crippen LogP) is -1.16. The second-order valence-electron chi connectivity index (χ2n) is 3.78. The Morgan fingerprint density at radius 2 is 1.89 bits per heavy atom. The quantitative estimate of drug-likeness (QED) is 0.528. The first kappa shape index (κ1) is 17.2. The SMILES string of the molecule is NC(=O)CCS(=O)(=O)CCN(CCO)CC(F)F. The van der Waals surface area contributed by atoms with Gasteiger partial charge in [-0.25, -0.2) is 17.2 Å². The van der Waals surface area contributed by atoms with E-state index in [-0.39, 0.29) is 37.6 Å². The fraction of sp³-hybridized carbons (Fsp3) is 0.889. The number of sulfone groups is 1. The molecule has 1 amide bonds. The van der Waals surface area contributed by atoms with Gasteiger partial charge in [-0.1, -0.05) is 0 Å². The predicted molar refractivity (Wildman–Crippen MR) is 62.0 cm³/mol. The van der Waals surface area contributed by atoms with Crippen molar-refractivity contribution < 1.29 is 27.1 Å². The summed E-state index contributed by atoms with van der Waals surface area (Å²) >= 11 is 0. The van der Waals surface area contributed by atoms with Crippen LogP contribution in [0.25, 0.3) is 0 Å². The van der Waals surface area contributed by atoms with Crippen molar-refractivity contribution in [2.24, 2.45) is 5.73 Å². The second-order valence-corrected chi connectivity index (χ2v) is 6.09. The van der Waals surface area contributed by atoms with Crippen LogP contribution >= 0.6 is 0 Å². The Balaban J connectivity index is 4.19. The first-order valence-electron chi connectivity index (χ1n) is 5.37. The number of carbonyl (C=O) groups is 1. The number of halogens is 2. The van der Waals surface area contributed by atoms with Crippen molar-refractivity contribution in [3.05, 3.63) is 0 Å². The highest BCUT2D eigenvalue weighted by molar-refractivity contribution is 7.91. The summed E-state index contributed by atoms with van der Waals surface area (Å²) in [6, 6.07) is 0. The van der Waals surface area contributed by atoms with Gasteiger partial charge in [-0.15, -0.1) is 0 Å². The molecule has 0 spiro atoms. The van der Waals surface area contributed by atoms with E-state index in [0.717, 1.165) is 4.90 Å². The second kappa shape index (κ2) is 8.33. The third-order valence-corrected chi connectivity index (χ3v) is 3.82. The molecular weight excluding hydrogens is 270 g/mol. The molecular formula is C9H18F2N2O4S. The third-order valence-electron chi connectivity index (χ3n) is 2.19. The van der Waals surface area contributed by atoms with Crippen LogP contribution in [0, 0.1) is 0 Å². The van der Waals surface area contributed by atoms with E-state index in [1.807, 2.05) is 0 Å². The van der Waals surface area contributed by atoms with Gasteiger partial charge in [0, 0.05) is 19.5 Å². The molecule has 0 aromatic rings. The summed E-state index contributed by atoms with van der Waals surface area (Å²) < 4.78 is 47.2. The van der Waals surface area contributed by atoms with Crippen LogP contribution in [0.15, 0.2) is 0 Å². The average molecular weight is 288 g/mol. The van der Waals surface area contributed by atoms with E-state index in [1.165, 1.54) is 0 Å². The molecule has 0 radical (unpaired) electrons. The Morgan fingerprint density at radius 1 is 1.28 bits per heavy atom. The molecule has 18 heavy (non-hydrogen) atoms. The van der Waals surface area contributed by atoms with Gasteiger partial charge < -0.3 is 10.8 Å². The van der Waals surface area contributed by atoms with E-state index in [0.29, 0.717) is 0 Å². The summed E-state index contributed by atoms with van der Waals surface area (Å²) in [5.41, 5.74) is 4.82. The van der Waals surface area contributed by atoms with Crippen LogP contribution in [0.3, 0.4) is 0 Å². The van der Waals surface area contributed by atoms with E-state index in [1.54, 1.807) is 0 Å². The minimum atomic E-state index is -3.49. The lowest BCUT2D eigenvalue weighted by atomic mass is 10.5. The van der Waals surface area contributed by atoms with Crippen molar-refractivity contribution in [3.63, 3.8) is 0 Å². The number of hydrogen-bond acceptors (Lipinski definition) is 5. The van der Waals surface area contributed by atoms with E-state index < -0.39 is 28.7 Å². The number of aliphatic hydroxyl groups excluding tert-OH is 1. The van der Waals surface area contributed by atoms with Gasteiger partial charge in [-0.05, 0) is 0 Å². The van der Waals surface area contributed by atoms with E-state index >= 15 is 0 Å². The number of hydrogen-bond donors (Lipinski definition) is 2. The van der Waals surface area contributed by atoms with Crippen LogP contribution < -0.4 is 5.73 Å². The molecule has 0 bridgehead atoms. The number of primary amides is 1. The smallest absolute Gasteiger partial charge is 0.251 e. The maximum absolute atomic E-state index is 12.1. The molecule has 0 saturated carbocycles. The molecule has 0 unspecified atom stereocenters. The highest BCUT2D eigenvalue weighted by Crippen LogP contribution is 2.01. The molecule has 9 heteroatoms. The highest BCUT2D eigenvalue weighted by atomic mass is 32.2. The number of aliphatic hydroxyl groups is 1. The Bertz CT molecular complexity index is 348. The van der Waals surface area contributed by atoms with Gasteiger partial charge in [-0.2, -0.15) is 0 Å². The molecule has 0 fully saturated rings. The topological polar surface area (TPSA) is 101 Å². The van der Waals surface area contributed by atoms with Crippen molar-refractivity contribution in [1.82, 2.24) is 4.90 Å². The normalized spacial score (nSPS) is 12.3. The summed E-state index contributed by atoms with van der Waals surface area (Å²) in [5.74, 6) is -1.45. The van der Waals surface area contributed by atoms with Gasteiger partial charge >= 0.3 is 0 Å². The maximum atomic E-state index is 12.1. The molecule has 0 aliphatic carbocycles. The monoisotopic (exact) mass is 288 g/mol. The van der Waals surface area contributed by atoms with Crippen LogP contribution in [0.1, 0.15) is 6.42 Å². The lowest BCUT2D eigenvalue weighted by Gasteiger charge is -2.20. The van der Waals surface area contributed by atoms with E-state index in [4.69, 9.17) is 10.8 Å². The molecule has 0 aliphatic heterocycles. The fourth-order valence-corrected chi connectivity index (χ4v) is 2.51. The molecule has 0 heterocycles. The zero-order chi connectivity index (χ0) is 14.2. The Morgan fingerprint density at radius 3 is 2.33 bits per heavy atom. The van der Waals surface area contributed by atoms with E-state index in [9.17, 15) is 22.0 Å². The standard InChI is InChI=1S/C9H18F2N2O4S/c10-8(11)7-13(2-4-14)3-6-18(16,17)5-1-9(12)15/h8,14H,1-7H2,(H2,12,15). The zero-order valence-corrected chi connectivity index (χ0v) is 10.7. The molecule has 6 nitrogen and oxygen atoms in total. The maximum Gasteiger partial charge on any atom is 0.251 e. The summed E-state index contributed by atoms with van der Waals surface area (Å²) in [6.45, 7) is -1.04. The molecule has 3 N–H and O–H groups in total. The number of carbonyl (C=O) groups excluding carboxylic acids is 1. The van der Waals surface area contributed by atoms with E-state index in [2.05, 4.69) is 0 Å². The van der Waals surface area contributed by atoms with Crippen molar-refractivity contribution >= 4 is 15.7 Å². The summed E-state index contributed by atoms with van der Waals surface area (Å²) in [6.07, 6.45) is -2.87. The molecule has 0 aliphatic rings. The van der Waals surface area contributed by atoms with Gasteiger partial charge in [0.15, 0.2) is 9.84 Å². The number of nitrogens with two attached hydrogens (primary N) is 1. The van der Waals surface area contributed by atoms with Crippen LogP contribution in [-0.4, -0.2) is 68.5 Å². The first-order valence-corrected chi connectivity index (χ1v) is 7.19. The van der Waals surface area contributed by atoms with Crippen molar-refractivity contribution in [2.75, 3.05) is 37.7 Å². The molecule has 0 atom stereocenters. The lowest BCUT2D eigenvalue weighted by Crippen LogP contribution is -2.36. The van der Waals surface area contributed by atoms with Crippen molar-refractivity contribution in [2.45, 2.75) is 12.8 Å². The van der Waals surface area contributed by atoms with Crippen molar-refractivity contribution in [3.8, 4) is 0 Å². The van der Waals surface area contributed by atoms with Crippen LogP contribution in [0.4, 0.5) is 8.78 Å². The Hall–Kier alpha value is -0.800. The molecule has 108 valence electrons. The van der Waals surface area contributed by atoms with Gasteiger partial charge in [-0.3, -0.25) is 9.69 Å². The minimum Gasteiger partial charge on any atom is -0.395 e. The third kappa shape index (κ3) is 9.25. The Kier molecular flexibility index (Phi) is 7.96. The number of alkyl halides is 2. The number of rotatable bonds is 10. The number of amides is 1. The van der Waals surface area contributed by atoms with Gasteiger partial charge in [0.2, 0.25) is 5.91 Å². The first-order chi connectivity index (χ1) is 8.26. The largest absolute Gasteiger partial charge is 0.395 e. The molecule has 0 rings (SSSR count). The zero-order valence-electron chi connectivity index (χ0n) is 9.89. The molecule has 0 saturated heterocycles. The summed E-state index contributed by atoms with van der Waals surface area (Å²) in [4.78, 5) is 11.6. The Labute approximate surface area is 105 Å². The minimum absolute atomic E-state index is 0.0182. The fourth-order valence-electron chi connectivity index (χ4n) is 1.26. The van der Waals surface area contributed by atoms with Crippen LogP contribution in [0.2, 0.25) is 0 Å². The molecule has 0 aromatic carbocycles. The van der Waals surface area contributed by atoms with Gasteiger partial charge in [0.25, 0.3) is 6.43 Å². The summed E-state index contributed by atoms with van der Waals surface area (Å²) in [5, 5.41) is 8.66.